The van der Waals surface area contributed by atoms with Gasteiger partial charge in [-0.3, -0.25) is 13.9 Å². The number of likely N-dealkylation sites (N-methyl/N-ethyl adjacent to an activating group) is 1. The third kappa shape index (κ3) is 7.75. The molecule has 2 aromatic carbocycles. The molecule has 0 spiro atoms. The highest BCUT2D eigenvalue weighted by Gasteiger charge is 2.29. The Kier molecular flexibility index (Phi) is 9.72. The van der Waals surface area contributed by atoms with E-state index in [1.807, 2.05) is 31.2 Å². The second kappa shape index (κ2) is 12.0. The van der Waals surface area contributed by atoms with E-state index in [2.05, 4.69) is 21.2 Å². The molecule has 0 saturated carbocycles. The van der Waals surface area contributed by atoms with E-state index < -0.39 is 28.5 Å². The van der Waals surface area contributed by atoms with Gasteiger partial charge >= 0.3 is 0 Å². The number of nitrogens with one attached hydrogen (secondary N) is 1. The normalized spacial score (nSPS) is 12.0. The maximum absolute atomic E-state index is 13.4. The predicted molar refractivity (Wildman–Crippen MR) is 133 cm³/mol. The number of hydrogen-bond acceptors (Lipinski definition) is 5. The van der Waals surface area contributed by atoms with Gasteiger partial charge in [0, 0.05) is 17.6 Å². The minimum Gasteiger partial charge on any atom is -0.494 e. The molecular weight excluding hydrogens is 510 g/mol. The van der Waals surface area contributed by atoms with Gasteiger partial charge < -0.3 is 15.0 Å². The van der Waals surface area contributed by atoms with Crippen molar-refractivity contribution in [2.24, 2.45) is 0 Å². The first-order chi connectivity index (χ1) is 15.6. The Morgan fingerprint density at radius 1 is 1.06 bits per heavy atom. The molecule has 0 bridgehead atoms. The lowest BCUT2D eigenvalue weighted by atomic mass is 10.1. The third-order valence-electron chi connectivity index (χ3n) is 4.90. The van der Waals surface area contributed by atoms with Gasteiger partial charge in [-0.2, -0.15) is 0 Å². The summed E-state index contributed by atoms with van der Waals surface area (Å²) >= 11 is 3.38. The molecule has 0 heterocycles. The average Bonchev–Trinajstić information content (AvgIpc) is 2.76. The summed E-state index contributed by atoms with van der Waals surface area (Å²) in [4.78, 5) is 27.3. The number of carbonyl (C=O) groups excluding carboxylic acids is 2. The number of hydrogen-bond donors (Lipinski definition) is 1. The fourth-order valence-corrected chi connectivity index (χ4v) is 4.29. The van der Waals surface area contributed by atoms with E-state index in [0.29, 0.717) is 24.6 Å². The maximum Gasteiger partial charge on any atom is 0.244 e. The molecule has 0 radical (unpaired) electrons. The zero-order valence-electron chi connectivity index (χ0n) is 19.2. The number of sulfonamides is 1. The van der Waals surface area contributed by atoms with Gasteiger partial charge in [0.15, 0.2) is 0 Å². The first-order valence-electron chi connectivity index (χ1n) is 10.6. The summed E-state index contributed by atoms with van der Waals surface area (Å²) in [5.74, 6) is -0.200. The Hall–Kier alpha value is -2.59. The van der Waals surface area contributed by atoms with E-state index in [9.17, 15) is 18.0 Å². The van der Waals surface area contributed by atoms with Crippen molar-refractivity contribution < 1.29 is 22.7 Å². The Labute approximate surface area is 204 Å². The molecule has 8 nitrogen and oxygen atoms in total. The van der Waals surface area contributed by atoms with Gasteiger partial charge in [-0.15, -0.1) is 0 Å². The van der Waals surface area contributed by atoms with Crippen LogP contribution in [-0.2, 0) is 26.2 Å². The van der Waals surface area contributed by atoms with Crippen LogP contribution in [0.15, 0.2) is 53.0 Å². The molecule has 0 aliphatic rings. The van der Waals surface area contributed by atoms with Crippen molar-refractivity contribution in [3.63, 3.8) is 0 Å². The average molecular weight is 540 g/mol. The van der Waals surface area contributed by atoms with Gasteiger partial charge in [0.1, 0.15) is 18.3 Å². The van der Waals surface area contributed by atoms with Crippen LogP contribution in [-0.4, -0.2) is 57.1 Å². The van der Waals surface area contributed by atoms with Crippen molar-refractivity contribution in [3.8, 4) is 5.75 Å². The lowest BCUT2D eigenvalue weighted by molar-refractivity contribution is -0.139. The summed E-state index contributed by atoms with van der Waals surface area (Å²) in [6, 6.07) is 13.1. The van der Waals surface area contributed by atoms with E-state index in [0.717, 1.165) is 20.6 Å². The van der Waals surface area contributed by atoms with Crippen molar-refractivity contribution in [1.29, 1.82) is 0 Å². The van der Waals surface area contributed by atoms with Gasteiger partial charge in [-0.1, -0.05) is 28.1 Å². The summed E-state index contributed by atoms with van der Waals surface area (Å²) in [6.07, 6.45) is 1.04. The highest BCUT2D eigenvalue weighted by atomic mass is 79.9. The molecule has 0 aromatic heterocycles. The second-order valence-electron chi connectivity index (χ2n) is 7.42. The quantitative estimate of drug-likeness (QED) is 0.473. The highest BCUT2D eigenvalue weighted by molar-refractivity contribution is 9.10. The van der Waals surface area contributed by atoms with Gasteiger partial charge in [0.25, 0.3) is 0 Å². The van der Waals surface area contributed by atoms with Crippen LogP contribution in [0.2, 0.25) is 0 Å². The molecule has 180 valence electrons. The van der Waals surface area contributed by atoms with Crippen LogP contribution in [0.1, 0.15) is 26.3 Å². The van der Waals surface area contributed by atoms with E-state index in [1.54, 1.807) is 38.1 Å². The summed E-state index contributed by atoms with van der Waals surface area (Å²) in [5, 5.41) is 2.72. The van der Waals surface area contributed by atoms with Gasteiger partial charge in [0.2, 0.25) is 21.8 Å². The summed E-state index contributed by atoms with van der Waals surface area (Å²) < 4.78 is 32.4. The SMILES string of the molecule is CCNC(=O)[C@@H](C)N(Cc1ccc(Br)cc1)C(=O)CN(c1ccc(OCC)cc1)S(C)(=O)=O. The zero-order chi connectivity index (χ0) is 24.6. The van der Waals surface area contributed by atoms with Crippen LogP contribution in [0.3, 0.4) is 0 Å². The van der Waals surface area contributed by atoms with Crippen molar-refractivity contribution in [1.82, 2.24) is 10.2 Å². The number of amides is 2. The Morgan fingerprint density at radius 3 is 2.18 bits per heavy atom. The molecule has 2 amide bonds. The van der Waals surface area contributed by atoms with Crippen molar-refractivity contribution in [3.05, 3.63) is 58.6 Å². The lowest BCUT2D eigenvalue weighted by Crippen LogP contribution is -2.51. The lowest BCUT2D eigenvalue weighted by Gasteiger charge is -2.31. The topological polar surface area (TPSA) is 96.0 Å². The van der Waals surface area contributed by atoms with Crippen molar-refractivity contribution >= 4 is 43.5 Å². The Morgan fingerprint density at radius 2 is 1.67 bits per heavy atom. The number of rotatable bonds is 11. The van der Waals surface area contributed by atoms with Crippen LogP contribution in [0.5, 0.6) is 5.75 Å². The minimum atomic E-state index is -3.77. The summed E-state index contributed by atoms with van der Waals surface area (Å²) in [5.41, 5.74) is 1.15. The molecule has 10 heteroatoms. The number of ether oxygens (including phenoxy) is 1. The molecule has 0 aliphatic carbocycles. The smallest absolute Gasteiger partial charge is 0.244 e. The molecule has 1 atom stereocenters. The molecule has 2 aromatic rings. The fourth-order valence-electron chi connectivity index (χ4n) is 3.18. The van der Waals surface area contributed by atoms with Crippen LogP contribution >= 0.6 is 15.9 Å². The van der Waals surface area contributed by atoms with Gasteiger partial charge in [-0.25, -0.2) is 8.42 Å². The van der Waals surface area contributed by atoms with Gasteiger partial charge in [0.05, 0.1) is 18.6 Å². The Balaban J connectivity index is 2.34. The maximum atomic E-state index is 13.4. The Bertz CT molecular complexity index is 1040. The van der Waals surface area contributed by atoms with E-state index in [4.69, 9.17) is 4.74 Å². The number of nitrogens with zero attached hydrogens (tertiary/aromatic N) is 2. The molecule has 33 heavy (non-hydrogen) atoms. The fraction of sp³-hybridized carbons (Fsp3) is 0.391. The predicted octanol–water partition coefficient (Wildman–Crippen LogP) is 3.17. The molecule has 0 aliphatic heterocycles. The van der Waals surface area contributed by atoms with Crippen molar-refractivity contribution in [2.75, 3.05) is 30.3 Å². The monoisotopic (exact) mass is 539 g/mol. The molecular formula is C23H30BrN3O5S. The van der Waals surface area contributed by atoms with Crippen LogP contribution in [0.25, 0.3) is 0 Å². The third-order valence-corrected chi connectivity index (χ3v) is 6.57. The summed E-state index contributed by atoms with van der Waals surface area (Å²) in [7, 11) is -3.77. The molecule has 1 N–H and O–H groups in total. The highest BCUT2D eigenvalue weighted by Crippen LogP contribution is 2.22. The van der Waals surface area contributed by atoms with Gasteiger partial charge in [-0.05, 0) is 62.7 Å². The minimum absolute atomic E-state index is 0.158. The van der Waals surface area contributed by atoms with Crippen LogP contribution in [0, 0.1) is 0 Å². The van der Waals surface area contributed by atoms with E-state index in [1.165, 1.54) is 4.90 Å². The van der Waals surface area contributed by atoms with E-state index >= 15 is 0 Å². The number of halogens is 1. The first-order valence-corrected chi connectivity index (χ1v) is 13.2. The van der Waals surface area contributed by atoms with Crippen LogP contribution < -0.4 is 14.4 Å². The number of benzene rings is 2. The number of carbonyl (C=O) groups is 2. The molecule has 0 fully saturated rings. The molecule has 0 saturated heterocycles. The largest absolute Gasteiger partial charge is 0.494 e. The summed E-state index contributed by atoms with van der Waals surface area (Å²) in [6.45, 7) is 5.90. The van der Waals surface area contributed by atoms with E-state index in [-0.39, 0.29) is 12.5 Å². The standard InChI is InChI=1S/C23H30BrN3O5S/c1-5-25-23(29)17(3)26(15-18-7-9-19(24)10-8-18)22(28)16-27(33(4,30)31)20-11-13-21(14-12-20)32-6-2/h7-14,17H,5-6,15-16H2,1-4H3,(H,25,29)/t17-/m1/s1. The first kappa shape index (κ1) is 26.7. The van der Waals surface area contributed by atoms with Crippen LogP contribution in [0.4, 0.5) is 5.69 Å². The van der Waals surface area contributed by atoms with Crippen molar-refractivity contribution in [2.45, 2.75) is 33.4 Å². The molecule has 2 rings (SSSR count). The molecule has 0 unspecified atom stereocenters. The zero-order valence-corrected chi connectivity index (χ0v) is 21.6. The number of anilines is 1. The second-order valence-corrected chi connectivity index (χ2v) is 10.2.